The second-order valence-electron chi connectivity index (χ2n) is 4.86. The molecule has 0 aliphatic carbocycles. The molecule has 0 atom stereocenters. The molecule has 2 nitrogen and oxygen atoms in total. The van der Waals surface area contributed by atoms with Crippen molar-refractivity contribution in [3.05, 3.63) is 78.5 Å². The van der Waals surface area contributed by atoms with Crippen molar-refractivity contribution in [2.75, 3.05) is 0 Å². The van der Waals surface area contributed by atoms with Gasteiger partial charge in [0.2, 0.25) is 0 Å². The third-order valence-corrected chi connectivity index (χ3v) is 3.23. The van der Waals surface area contributed by atoms with Gasteiger partial charge in [-0.15, -0.1) is 0 Å². The number of alkyl halides is 3. The van der Waals surface area contributed by atoms with Gasteiger partial charge < -0.3 is 4.74 Å². The zero-order valence-corrected chi connectivity index (χ0v) is 11.9. The van der Waals surface area contributed by atoms with E-state index >= 15 is 0 Å². The average molecular weight is 315 g/mol. The summed E-state index contributed by atoms with van der Waals surface area (Å²) in [6.07, 6.45) is -2.63. The van der Waals surface area contributed by atoms with Gasteiger partial charge >= 0.3 is 6.18 Å². The number of nitrogens with zero attached hydrogens (tertiary/aromatic N) is 1. The topological polar surface area (TPSA) is 22.1 Å². The van der Waals surface area contributed by atoms with Crippen molar-refractivity contribution < 1.29 is 17.9 Å². The van der Waals surface area contributed by atoms with Gasteiger partial charge in [0.25, 0.3) is 0 Å². The maximum absolute atomic E-state index is 12.5. The summed E-state index contributed by atoms with van der Waals surface area (Å²) in [5.41, 5.74) is 1.08. The average Bonchev–Trinajstić information content (AvgIpc) is 2.56. The zero-order chi connectivity index (χ0) is 16.3. The predicted molar refractivity (Wildman–Crippen MR) is 81.2 cm³/mol. The van der Waals surface area contributed by atoms with Gasteiger partial charge in [0.05, 0.1) is 11.3 Å². The Bertz CT molecular complexity index is 766. The Labute approximate surface area is 131 Å². The molecule has 3 rings (SSSR count). The van der Waals surface area contributed by atoms with E-state index in [9.17, 15) is 13.2 Å². The minimum Gasteiger partial charge on any atom is -0.457 e. The summed E-state index contributed by atoms with van der Waals surface area (Å²) in [4.78, 5) is 4.25. The molecular formula is C18H12F3NO. The van der Waals surface area contributed by atoms with Crippen LogP contribution in [0.3, 0.4) is 0 Å². The minimum absolute atomic E-state index is 0.351. The molecule has 0 spiro atoms. The summed E-state index contributed by atoms with van der Waals surface area (Å²) in [6, 6.07) is 17.4. The van der Waals surface area contributed by atoms with E-state index in [4.69, 9.17) is 4.74 Å². The lowest BCUT2D eigenvalue weighted by Crippen LogP contribution is -2.03. The van der Waals surface area contributed by atoms with Crippen LogP contribution in [0, 0.1) is 0 Å². The van der Waals surface area contributed by atoms with Gasteiger partial charge in [0, 0.05) is 11.8 Å². The van der Waals surface area contributed by atoms with E-state index in [2.05, 4.69) is 4.98 Å². The van der Waals surface area contributed by atoms with E-state index in [1.807, 2.05) is 30.3 Å². The maximum atomic E-state index is 12.5. The number of hydrogen-bond acceptors (Lipinski definition) is 2. The Kier molecular flexibility index (Phi) is 4.02. The van der Waals surface area contributed by atoms with Gasteiger partial charge in [-0.2, -0.15) is 13.2 Å². The summed E-state index contributed by atoms with van der Waals surface area (Å²) in [7, 11) is 0. The molecule has 1 heterocycles. The lowest BCUT2D eigenvalue weighted by molar-refractivity contribution is -0.137. The van der Waals surface area contributed by atoms with E-state index in [0.717, 1.165) is 23.4 Å². The van der Waals surface area contributed by atoms with Crippen LogP contribution in [0.1, 0.15) is 5.56 Å². The third-order valence-electron chi connectivity index (χ3n) is 3.23. The largest absolute Gasteiger partial charge is 0.457 e. The SMILES string of the molecule is FC(F)(F)c1ccc(Oc2ccc(-c3ccccn3)cc2)cc1. The molecule has 0 bridgehead atoms. The first-order valence-corrected chi connectivity index (χ1v) is 6.89. The van der Waals surface area contributed by atoms with Crippen LogP contribution in [0.4, 0.5) is 13.2 Å². The predicted octanol–water partition coefficient (Wildman–Crippen LogP) is 5.56. The molecule has 0 saturated carbocycles. The molecule has 0 amide bonds. The molecule has 0 aliphatic heterocycles. The number of rotatable bonds is 3. The molecule has 0 radical (unpaired) electrons. The van der Waals surface area contributed by atoms with Gasteiger partial charge in [-0.1, -0.05) is 6.07 Å². The highest BCUT2D eigenvalue weighted by Gasteiger charge is 2.30. The highest BCUT2D eigenvalue weighted by Crippen LogP contribution is 2.31. The lowest BCUT2D eigenvalue weighted by atomic mass is 10.1. The van der Waals surface area contributed by atoms with E-state index in [1.54, 1.807) is 18.3 Å². The van der Waals surface area contributed by atoms with Crippen molar-refractivity contribution in [1.82, 2.24) is 4.98 Å². The van der Waals surface area contributed by atoms with Crippen LogP contribution in [-0.2, 0) is 6.18 Å². The molecule has 3 aromatic rings. The Morgan fingerprint density at radius 3 is 1.87 bits per heavy atom. The van der Waals surface area contributed by atoms with Crippen molar-refractivity contribution in [2.45, 2.75) is 6.18 Å². The highest BCUT2D eigenvalue weighted by atomic mass is 19.4. The van der Waals surface area contributed by atoms with Crippen molar-refractivity contribution in [3.8, 4) is 22.8 Å². The molecule has 2 aromatic carbocycles. The van der Waals surface area contributed by atoms with Crippen LogP contribution >= 0.6 is 0 Å². The number of hydrogen-bond donors (Lipinski definition) is 0. The molecule has 0 saturated heterocycles. The molecule has 5 heteroatoms. The summed E-state index contributed by atoms with van der Waals surface area (Å²) in [5, 5.41) is 0. The van der Waals surface area contributed by atoms with Crippen molar-refractivity contribution >= 4 is 0 Å². The van der Waals surface area contributed by atoms with Crippen LogP contribution in [-0.4, -0.2) is 4.98 Å². The summed E-state index contributed by atoms with van der Waals surface area (Å²) >= 11 is 0. The zero-order valence-electron chi connectivity index (χ0n) is 11.9. The maximum Gasteiger partial charge on any atom is 0.416 e. The van der Waals surface area contributed by atoms with Crippen LogP contribution in [0.25, 0.3) is 11.3 Å². The number of pyridine rings is 1. The Morgan fingerprint density at radius 2 is 1.35 bits per heavy atom. The number of aromatic nitrogens is 1. The molecular weight excluding hydrogens is 303 g/mol. The first-order chi connectivity index (χ1) is 11.0. The smallest absolute Gasteiger partial charge is 0.416 e. The molecule has 116 valence electrons. The van der Waals surface area contributed by atoms with Gasteiger partial charge in [-0.3, -0.25) is 4.98 Å². The molecule has 0 N–H and O–H groups in total. The second kappa shape index (κ2) is 6.12. The molecule has 0 aliphatic rings. The molecule has 1 aromatic heterocycles. The van der Waals surface area contributed by atoms with Crippen LogP contribution < -0.4 is 4.74 Å². The van der Waals surface area contributed by atoms with E-state index in [0.29, 0.717) is 11.5 Å². The van der Waals surface area contributed by atoms with E-state index in [1.165, 1.54) is 12.1 Å². The Balaban J connectivity index is 1.74. The van der Waals surface area contributed by atoms with Gasteiger partial charge in [0.1, 0.15) is 11.5 Å². The number of ether oxygens (including phenoxy) is 1. The fourth-order valence-corrected chi connectivity index (χ4v) is 2.08. The van der Waals surface area contributed by atoms with Crippen molar-refractivity contribution in [3.63, 3.8) is 0 Å². The van der Waals surface area contributed by atoms with E-state index < -0.39 is 11.7 Å². The number of halogens is 3. The van der Waals surface area contributed by atoms with Crippen LogP contribution in [0.5, 0.6) is 11.5 Å². The van der Waals surface area contributed by atoms with Crippen LogP contribution in [0.2, 0.25) is 0 Å². The molecule has 23 heavy (non-hydrogen) atoms. The first kappa shape index (κ1) is 15.1. The first-order valence-electron chi connectivity index (χ1n) is 6.89. The fourth-order valence-electron chi connectivity index (χ4n) is 2.08. The minimum atomic E-state index is -4.34. The molecule has 0 fully saturated rings. The van der Waals surface area contributed by atoms with Gasteiger partial charge in [-0.05, 0) is 60.7 Å². The monoisotopic (exact) mass is 315 g/mol. The fraction of sp³-hybridized carbons (Fsp3) is 0.0556. The van der Waals surface area contributed by atoms with Crippen LogP contribution in [0.15, 0.2) is 72.9 Å². The summed E-state index contributed by atoms with van der Waals surface area (Å²) in [6.45, 7) is 0. The summed E-state index contributed by atoms with van der Waals surface area (Å²) in [5.74, 6) is 0.896. The third kappa shape index (κ3) is 3.69. The highest BCUT2D eigenvalue weighted by molar-refractivity contribution is 5.59. The number of benzene rings is 2. The van der Waals surface area contributed by atoms with Crippen molar-refractivity contribution in [1.29, 1.82) is 0 Å². The van der Waals surface area contributed by atoms with E-state index in [-0.39, 0.29) is 0 Å². The lowest BCUT2D eigenvalue weighted by Gasteiger charge is -2.09. The second-order valence-corrected chi connectivity index (χ2v) is 4.86. The molecule has 0 unspecified atom stereocenters. The Hall–Kier alpha value is -2.82. The normalized spacial score (nSPS) is 11.3. The van der Waals surface area contributed by atoms with Gasteiger partial charge in [-0.25, -0.2) is 0 Å². The quantitative estimate of drug-likeness (QED) is 0.631. The standard InChI is InChI=1S/C18H12F3NO/c19-18(20,21)14-6-10-16(11-7-14)23-15-8-4-13(5-9-15)17-3-1-2-12-22-17/h1-12H. The van der Waals surface area contributed by atoms with Crippen molar-refractivity contribution in [2.24, 2.45) is 0 Å². The summed E-state index contributed by atoms with van der Waals surface area (Å²) < 4.78 is 43.1. The van der Waals surface area contributed by atoms with Gasteiger partial charge in [0.15, 0.2) is 0 Å². The Morgan fingerprint density at radius 1 is 0.739 bits per heavy atom.